The van der Waals surface area contributed by atoms with Crippen molar-refractivity contribution in [2.45, 2.75) is 89.6 Å². The molecule has 0 aliphatic carbocycles. The molecule has 0 saturated carbocycles. The van der Waals surface area contributed by atoms with Gasteiger partial charge in [0.2, 0.25) is 5.91 Å². The fraction of sp³-hybridized carbons (Fsp3) is 0.594. The van der Waals surface area contributed by atoms with Crippen molar-refractivity contribution in [1.29, 1.82) is 0 Å². The van der Waals surface area contributed by atoms with E-state index in [0.29, 0.717) is 17.9 Å². The topological polar surface area (TPSA) is 136 Å². The molecule has 0 spiro atoms. The lowest BCUT2D eigenvalue weighted by Gasteiger charge is -2.42. The summed E-state index contributed by atoms with van der Waals surface area (Å²) in [6.45, 7) is 8.95. The number of halogens is 1. The van der Waals surface area contributed by atoms with Gasteiger partial charge in [-0.05, 0) is 38.0 Å². The van der Waals surface area contributed by atoms with Crippen LogP contribution in [0.15, 0.2) is 35.9 Å². The second-order valence-electron chi connectivity index (χ2n) is 12.4. The minimum atomic E-state index is -1.77. The van der Waals surface area contributed by atoms with Crippen LogP contribution in [-0.2, 0) is 35.0 Å². The number of alkyl carbamates (subject to hydrolysis) is 1. The van der Waals surface area contributed by atoms with Gasteiger partial charge in [-0.25, -0.2) is 4.79 Å². The summed E-state index contributed by atoms with van der Waals surface area (Å²) in [6, 6.07) is 3.63. The number of hydrogen-bond donors (Lipinski definition) is 2. The number of nitrogens with one attached hydrogen (secondary N) is 1. The maximum Gasteiger partial charge on any atom is 0.409 e. The number of allylic oxidation sites excluding steroid dienone is 3. The number of carbonyl (C=O) groups is 3. The second kappa shape index (κ2) is 13.1. The highest BCUT2D eigenvalue weighted by Crippen LogP contribution is 2.49. The number of benzene rings is 1. The first-order chi connectivity index (χ1) is 20.6. The van der Waals surface area contributed by atoms with E-state index in [1.807, 2.05) is 32.1 Å². The third-order valence-electron chi connectivity index (χ3n) is 8.68. The largest absolute Gasteiger partial charge is 0.495 e. The molecular weight excluding hydrogens is 592 g/mol. The van der Waals surface area contributed by atoms with Crippen molar-refractivity contribution < 1.29 is 43.2 Å². The van der Waals surface area contributed by atoms with Crippen molar-refractivity contribution in [1.82, 2.24) is 5.32 Å². The predicted octanol–water partition coefficient (Wildman–Crippen LogP) is 4.32. The predicted molar refractivity (Wildman–Crippen MR) is 164 cm³/mol. The number of methoxy groups -OCH3 is 2. The van der Waals surface area contributed by atoms with E-state index in [1.54, 1.807) is 40.0 Å². The molecule has 3 aliphatic rings. The molecule has 2 N–H and O–H groups in total. The number of fused-ring (bicyclic) bond motifs is 5. The number of carbonyl (C=O) groups excluding carboxylic acids is 3. The van der Waals surface area contributed by atoms with Crippen LogP contribution in [0.2, 0.25) is 5.02 Å². The average molecular weight is 635 g/mol. The molecule has 2 fully saturated rings. The van der Waals surface area contributed by atoms with Crippen molar-refractivity contribution in [3.8, 4) is 5.75 Å². The number of aliphatic hydroxyl groups is 1. The normalized spacial score (nSPS) is 34.7. The summed E-state index contributed by atoms with van der Waals surface area (Å²) in [6.07, 6.45) is 1.65. The van der Waals surface area contributed by atoms with Gasteiger partial charge in [0.05, 0.1) is 31.2 Å². The molecule has 3 aliphatic heterocycles. The van der Waals surface area contributed by atoms with E-state index in [1.165, 1.54) is 19.1 Å². The summed E-state index contributed by atoms with van der Waals surface area (Å²) in [5.74, 6) is -1.30. The van der Waals surface area contributed by atoms with Gasteiger partial charge in [0, 0.05) is 26.5 Å². The molecule has 2 amide bonds. The Bertz CT molecular complexity index is 1350. The van der Waals surface area contributed by atoms with Gasteiger partial charge in [-0.2, -0.15) is 0 Å². The Balaban J connectivity index is 1.80. The standard InChI is InChI=1S/C32H43ClN2O9/c1-17(2)29(37)43-25-15-26(36)35(6)21-13-20(14-22(40-7)27(21)33)12-18(3)10-9-11-24(41-8)32(39)16-23(42-30(38)34-32)19(4)28-31(25,5)44-28/h9-11,13-14,17,19,23-25,28,39H,12,15-16H2,1-8H3,(H,34,38)/b11-9-,18-10-/t19-,23+,24-,25-,28+,31-,32+/m0/s1. The zero-order valence-electron chi connectivity index (χ0n) is 26.5. The third kappa shape index (κ3) is 6.91. The monoisotopic (exact) mass is 634 g/mol. The molecule has 242 valence electrons. The summed E-state index contributed by atoms with van der Waals surface area (Å²) in [5, 5.41) is 14.4. The molecule has 0 aromatic heterocycles. The quantitative estimate of drug-likeness (QED) is 0.366. The lowest BCUT2D eigenvalue weighted by molar-refractivity contribution is -0.157. The maximum absolute atomic E-state index is 13.8. The minimum Gasteiger partial charge on any atom is -0.495 e. The summed E-state index contributed by atoms with van der Waals surface area (Å²) >= 11 is 6.68. The van der Waals surface area contributed by atoms with E-state index >= 15 is 0 Å². The SMILES string of the molecule is COc1cc2cc(c1Cl)N(C)C(=O)C[C@H](OC(=O)C(C)C)[C@]1(C)O[C@@H]1[C@@H](C)[C@H]1C[C@](O)(NC(=O)O1)[C@@H](OC)/C=C\C=C(\C)C2. The van der Waals surface area contributed by atoms with E-state index < -0.39 is 59.6 Å². The number of ether oxygens (including phenoxy) is 5. The number of anilines is 1. The van der Waals surface area contributed by atoms with Gasteiger partial charge < -0.3 is 33.7 Å². The van der Waals surface area contributed by atoms with Crippen LogP contribution in [0.5, 0.6) is 5.75 Å². The Morgan fingerprint density at radius 1 is 1.25 bits per heavy atom. The van der Waals surface area contributed by atoms with Crippen LogP contribution in [0, 0.1) is 11.8 Å². The highest BCUT2D eigenvalue weighted by molar-refractivity contribution is 6.35. The second-order valence-corrected chi connectivity index (χ2v) is 12.8. The number of rotatable bonds is 4. The summed E-state index contributed by atoms with van der Waals surface area (Å²) in [4.78, 5) is 40.7. The molecule has 4 bridgehead atoms. The van der Waals surface area contributed by atoms with E-state index in [4.69, 9.17) is 35.3 Å². The maximum atomic E-state index is 13.8. The number of hydrogen-bond acceptors (Lipinski definition) is 9. The van der Waals surface area contributed by atoms with Gasteiger partial charge in [0.1, 0.15) is 34.7 Å². The summed E-state index contributed by atoms with van der Waals surface area (Å²) in [5.41, 5.74) is -0.587. The molecular formula is C32H43ClN2O9. The number of nitrogens with zero attached hydrogens (tertiary/aromatic N) is 1. The average Bonchev–Trinajstić information content (AvgIpc) is 3.66. The van der Waals surface area contributed by atoms with Crippen LogP contribution in [-0.4, -0.2) is 80.1 Å². The van der Waals surface area contributed by atoms with E-state index in [-0.39, 0.29) is 23.8 Å². The number of esters is 1. The number of epoxide rings is 1. The van der Waals surface area contributed by atoms with E-state index in [9.17, 15) is 19.5 Å². The van der Waals surface area contributed by atoms with Crippen molar-refractivity contribution >= 4 is 35.3 Å². The van der Waals surface area contributed by atoms with Gasteiger partial charge in [-0.1, -0.05) is 56.2 Å². The zero-order chi connectivity index (χ0) is 32.6. The lowest BCUT2D eigenvalue weighted by atomic mass is 9.83. The van der Waals surface area contributed by atoms with E-state index in [0.717, 1.165) is 11.1 Å². The van der Waals surface area contributed by atoms with E-state index in [2.05, 4.69) is 5.32 Å². The van der Waals surface area contributed by atoms with Crippen LogP contribution in [0.4, 0.5) is 10.5 Å². The van der Waals surface area contributed by atoms with Gasteiger partial charge in [-0.3, -0.25) is 14.9 Å². The molecule has 7 atom stereocenters. The van der Waals surface area contributed by atoms with Crippen LogP contribution < -0.4 is 15.0 Å². The fourth-order valence-electron chi connectivity index (χ4n) is 5.88. The molecule has 44 heavy (non-hydrogen) atoms. The van der Waals surface area contributed by atoms with Crippen molar-refractivity contribution in [3.63, 3.8) is 0 Å². The van der Waals surface area contributed by atoms with Crippen LogP contribution >= 0.6 is 11.6 Å². The third-order valence-corrected chi connectivity index (χ3v) is 9.06. The van der Waals surface area contributed by atoms with Crippen molar-refractivity contribution in [3.05, 3.63) is 46.5 Å². The van der Waals surface area contributed by atoms with Crippen LogP contribution in [0.3, 0.4) is 0 Å². The fourth-order valence-corrected chi connectivity index (χ4v) is 6.19. The smallest absolute Gasteiger partial charge is 0.409 e. The van der Waals surface area contributed by atoms with Gasteiger partial charge in [0.25, 0.3) is 0 Å². The highest BCUT2D eigenvalue weighted by atomic mass is 35.5. The van der Waals surface area contributed by atoms with Crippen LogP contribution in [0.1, 0.15) is 53.0 Å². The van der Waals surface area contributed by atoms with Gasteiger partial charge in [0.15, 0.2) is 5.72 Å². The van der Waals surface area contributed by atoms with Crippen molar-refractivity contribution in [2.24, 2.45) is 11.8 Å². The molecule has 1 aromatic carbocycles. The molecule has 3 heterocycles. The first-order valence-corrected chi connectivity index (χ1v) is 15.1. The Morgan fingerprint density at radius 3 is 2.59 bits per heavy atom. The Labute approximate surface area is 263 Å². The van der Waals surface area contributed by atoms with Crippen molar-refractivity contribution in [2.75, 3.05) is 26.2 Å². The molecule has 0 unspecified atom stereocenters. The minimum absolute atomic E-state index is 0.00361. The first kappa shape index (κ1) is 33.8. The first-order valence-electron chi connectivity index (χ1n) is 14.7. The number of amides is 2. The van der Waals surface area contributed by atoms with Crippen LogP contribution in [0.25, 0.3) is 0 Å². The zero-order valence-corrected chi connectivity index (χ0v) is 27.3. The summed E-state index contributed by atoms with van der Waals surface area (Å²) < 4.78 is 28.8. The Kier molecular flexibility index (Phi) is 10.0. The summed E-state index contributed by atoms with van der Waals surface area (Å²) in [7, 11) is 4.56. The molecule has 1 aromatic rings. The molecule has 4 rings (SSSR count). The molecule has 11 nitrogen and oxygen atoms in total. The molecule has 12 heteroatoms. The highest BCUT2D eigenvalue weighted by Gasteiger charge is 2.64. The Hall–Kier alpha value is -3.12. The molecule has 0 radical (unpaired) electrons. The van der Waals surface area contributed by atoms with Gasteiger partial charge >= 0.3 is 12.1 Å². The molecule has 2 saturated heterocycles. The lowest BCUT2D eigenvalue weighted by Crippen LogP contribution is -2.63. The Morgan fingerprint density at radius 2 is 1.95 bits per heavy atom. The van der Waals surface area contributed by atoms with Gasteiger partial charge in [-0.15, -0.1) is 0 Å².